The molecule has 0 fully saturated rings. The van der Waals surface area contributed by atoms with Crippen molar-refractivity contribution < 1.29 is 13.9 Å². The van der Waals surface area contributed by atoms with E-state index in [9.17, 15) is 9.18 Å². The fourth-order valence-corrected chi connectivity index (χ4v) is 1.72. The molecule has 1 N–H and O–H groups in total. The number of amides is 1. The Hall–Kier alpha value is -1.72. The SMILES string of the molecule is C=CCN(Cc1ccccc1F)C(=O)CNCCOC. The molecule has 20 heavy (non-hydrogen) atoms. The van der Waals surface area contributed by atoms with Gasteiger partial charge in [0.05, 0.1) is 13.2 Å². The molecule has 110 valence electrons. The molecule has 0 aliphatic heterocycles. The minimum atomic E-state index is -0.304. The molecule has 4 nitrogen and oxygen atoms in total. The number of hydrogen-bond acceptors (Lipinski definition) is 3. The summed E-state index contributed by atoms with van der Waals surface area (Å²) in [5, 5.41) is 2.98. The Morgan fingerprint density at radius 1 is 1.50 bits per heavy atom. The molecule has 0 unspecified atom stereocenters. The molecule has 0 aromatic heterocycles. The normalized spacial score (nSPS) is 10.3. The molecular weight excluding hydrogens is 259 g/mol. The van der Waals surface area contributed by atoms with Crippen LogP contribution >= 0.6 is 0 Å². The van der Waals surface area contributed by atoms with Gasteiger partial charge in [0, 0.05) is 32.3 Å². The monoisotopic (exact) mass is 280 g/mol. The largest absolute Gasteiger partial charge is 0.383 e. The van der Waals surface area contributed by atoms with E-state index in [0.717, 1.165) is 0 Å². The van der Waals surface area contributed by atoms with Crippen molar-refractivity contribution >= 4 is 5.91 Å². The van der Waals surface area contributed by atoms with Crippen molar-refractivity contribution in [3.8, 4) is 0 Å². The fraction of sp³-hybridized carbons (Fsp3) is 0.400. The van der Waals surface area contributed by atoms with Crippen LogP contribution in [0.5, 0.6) is 0 Å². The van der Waals surface area contributed by atoms with Crippen LogP contribution in [-0.4, -0.2) is 44.2 Å². The fourth-order valence-electron chi connectivity index (χ4n) is 1.72. The molecule has 1 aromatic rings. The molecule has 1 rings (SSSR count). The van der Waals surface area contributed by atoms with Gasteiger partial charge in [0.25, 0.3) is 0 Å². The molecule has 0 heterocycles. The van der Waals surface area contributed by atoms with Crippen LogP contribution in [0.15, 0.2) is 36.9 Å². The van der Waals surface area contributed by atoms with E-state index < -0.39 is 0 Å². The van der Waals surface area contributed by atoms with E-state index in [1.807, 2.05) is 0 Å². The zero-order valence-electron chi connectivity index (χ0n) is 11.8. The van der Waals surface area contributed by atoms with Gasteiger partial charge in [-0.2, -0.15) is 0 Å². The number of rotatable bonds is 9. The number of carbonyl (C=O) groups excluding carboxylic acids is 1. The molecule has 0 aliphatic rings. The number of ether oxygens (including phenoxy) is 1. The first-order valence-electron chi connectivity index (χ1n) is 6.50. The van der Waals surface area contributed by atoms with E-state index in [4.69, 9.17) is 4.74 Å². The van der Waals surface area contributed by atoms with Crippen LogP contribution in [0.4, 0.5) is 4.39 Å². The molecule has 0 saturated heterocycles. The lowest BCUT2D eigenvalue weighted by atomic mass is 10.2. The van der Waals surface area contributed by atoms with Gasteiger partial charge in [0.1, 0.15) is 5.82 Å². The van der Waals surface area contributed by atoms with Crippen LogP contribution in [0.2, 0.25) is 0 Å². The number of nitrogens with one attached hydrogen (secondary N) is 1. The van der Waals surface area contributed by atoms with E-state index in [2.05, 4.69) is 11.9 Å². The highest BCUT2D eigenvalue weighted by molar-refractivity contribution is 5.78. The minimum absolute atomic E-state index is 0.0933. The van der Waals surface area contributed by atoms with Crippen molar-refractivity contribution in [3.63, 3.8) is 0 Å². The summed E-state index contributed by atoms with van der Waals surface area (Å²) in [5.74, 6) is -0.397. The summed E-state index contributed by atoms with van der Waals surface area (Å²) in [6.45, 7) is 5.60. The number of benzene rings is 1. The highest BCUT2D eigenvalue weighted by atomic mass is 19.1. The quantitative estimate of drug-likeness (QED) is 0.551. The second kappa shape index (κ2) is 9.23. The number of halogens is 1. The van der Waals surface area contributed by atoms with Crippen molar-refractivity contribution in [1.82, 2.24) is 10.2 Å². The lowest BCUT2D eigenvalue weighted by Crippen LogP contribution is -2.38. The molecule has 5 heteroatoms. The van der Waals surface area contributed by atoms with Crippen LogP contribution in [0.1, 0.15) is 5.56 Å². The first kappa shape index (κ1) is 16.3. The Kier molecular flexibility index (Phi) is 7.54. The Morgan fingerprint density at radius 3 is 2.90 bits per heavy atom. The smallest absolute Gasteiger partial charge is 0.237 e. The molecule has 0 bridgehead atoms. The van der Waals surface area contributed by atoms with Gasteiger partial charge in [-0.25, -0.2) is 4.39 Å². The average Bonchev–Trinajstić information content (AvgIpc) is 2.45. The molecule has 0 atom stereocenters. The summed E-state index contributed by atoms with van der Waals surface area (Å²) in [5.41, 5.74) is 0.500. The Bertz CT molecular complexity index is 438. The van der Waals surface area contributed by atoms with E-state index in [0.29, 0.717) is 25.3 Å². The summed E-state index contributed by atoms with van der Waals surface area (Å²) in [7, 11) is 1.60. The third-order valence-electron chi connectivity index (χ3n) is 2.78. The number of nitrogens with zero attached hydrogens (tertiary/aromatic N) is 1. The van der Waals surface area contributed by atoms with Gasteiger partial charge in [-0.05, 0) is 6.07 Å². The van der Waals surface area contributed by atoms with E-state index in [-0.39, 0.29) is 24.8 Å². The van der Waals surface area contributed by atoms with Gasteiger partial charge in [0.2, 0.25) is 5.91 Å². The predicted molar refractivity (Wildman–Crippen MR) is 76.8 cm³/mol. The zero-order valence-corrected chi connectivity index (χ0v) is 11.8. The summed E-state index contributed by atoms with van der Waals surface area (Å²) in [6, 6.07) is 6.45. The summed E-state index contributed by atoms with van der Waals surface area (Å²) in [6.07, 6.45) is 1.63. The van der Waals surface area contributed by atoms with Gasteiger partial charge in [-0.15, -0.1) is 6.58 Å². The lowest BCUT2D eigenvalue weighted by molar-refractivity contribution is -0.130. The summed E-state index contributed by atoms with van der Waals surface area (Å²) < 4.78 is 18.5. The van der Waals surface area contributed by atoms with Crippen molar-refractivity contribution in [2.45, 2.75) is 6.54 Å². The first-order valence-corrected chi connectivity index (χ1v) is 6.50. The zero-order chi connectivity index (χ0) is 14.8. The average molecular weight is 280 g/mol. The van der Waals surface area contributed by atoms with Gasteiger partial charge in [-0.1, -0.05) is 24.3 Å². The number of hydrogen-bond donors (Lipinski definition) is 1. The van der Waals surface area contributed by atoms with E-state index in [1.165, 1.54) is 6.07 Å². The van der Waals surface area contributed by atoms with Gasteiger partial charge < -0.3 is 15.0 Å². The maximum Gasteiger partial charge on any atom is 0.237 e. The molecule has 0 aliphatic carbocycles. The van der Waals surface area contributed by atoms with Gasteiger partial charge in [-0.3, -0.25) is 4.79 Å². The van der Waals surface area contributed by atoms with Gasteiger partial charge >= 0.3 is 0 Å². The maximum absolute atomic E-state index is 13.6. The van der Waals surface area contributed by atoms with Crippen molar-refractivity contribution in [2.24, 2.45) is 0 Å². The molecule has 0 spiro atoms. The Labute approximate surface area is 119 Å². The molecule has 1 aromatic carbocycles. The third-order valence-corrected chi connectivity index (χ3v) is 2.78. The molecule has 0 radical (unpaired) electrons. The highest BCUT2D eigenvalue weighted by Crippen LogP contribution is 2.10. The third kappa shape index (κ3) is 5.50. The topological polar surface area (TPSA) is 41.6 Å². The van der Waals surface area contributed by atoms with Crippen molar-refractivity contribution in [2.75, 3.05) is 33.4 Å². The lowest BCUT2D eigenvalue weighted by Gasteiger charge is -2.21. The number of methoxy groups -OCH3 is 1. The molecule has 0 saturated carbocycles. The van der Waals surface area contributed by atoms with Crippen LogP contribution < -0.4 is 5.32 Å². The van der Waals surface area contributed by atoms with Crippen LogP contribution in [-0.2, 0) is 16.1 Å². The standard InChI is InChI=1S/C15H21FN2O2/c1-3-9-18(15(19)11-17-8-10-20-2)12-13-6-4-5-7-14(13)16/h3-7,17H,1,8-12H2,2H3. The van der Waals surface area contributed by atoms with Crippen molar-refractivity contribution in [3.05, 3.63) is 48.3 Å². The highest BCUT2D eigenvalue weighted by Gasteiger charge is 2.13. The second-order valence-corrected chi connectivity index (χ2v) is 4.32. The van der Waals surface area contributed by atoms with Crippen LogP contribution in [0, 0.1) is 5.82 Å². The van der Waals surface area contributed by atoms with Crippen LogP contribution in [0.25, 0.3) is 0 Å². The first-order chi connectivity index (χ1) is 9.69. The predicted octanol–water partition coefficient (Wildman–Crippen LogP) is 1.58. The Balaban J connectivity index is 2.57. The van der Waals surface area contributed by atoms with Crippen molar-refractivity contribution in [1.29, 1.82) is 0 Å². The van der Waals surface area contributed by atoms with Crippen LogP contribution in [0.3, 0.4) is 0 Å². The molecular formula is C15H21FN2O2. The maximum atomic E-state index is 13.6. The second-order valence-electron chi connectivity index (χ2n) is 4.32. The number of carbonyl (C=O) groups is 1. The summed E-state index contributed by atoms with van der Waals surface area (Å²) in [4.78, 5) is 13.6. The summed E-state index contributed by atoms with van der Waals surface area (Å²) >= 11 is 0. The van der Waals surface area contributed by atoms with Gasteiger partial charge in [0.15, 0.2) is 0 Å². The van der Waals surface area contributed by atoms with E-state index >= 15 is 0 Å². The molecule has 1 amide bonds. The Morgan fingerprint density at radius 2 is 2.25 bits per heavy atom. The minimum Gasteiger partial charge on any atom is -0.383 e. The van der Waals surface area contributed by atoms with E-state index in [1.54, 1.807) is 36.3 Å².